The second-order valence-corrected chi connectivity index (χ2v) is 6.08. The number of anilines is 1. The lowest BCUT2D eigenvalue weighted by molar-refractivity contribution is -0.141. The van der Waals surface area contributed by atoms with Gasteiger partial charge in [-0.3, -0.25) is 14.3 Å². The van der Waals surface area contributed by atoms with Crippen molar-refractivity contribution in [2.45, 2.75) is 32.0 Å². The van der Waals surface area contributed by atoms with E-state index in [2.05, 4.69) is 15.7 Å². The van der Waals surface area contributed by atoms with Crippen LogP contribution in [0.2, 0.25) is 0 Å². The Kier molecular flexibility index (Phi) is 4.71. The van der Waals surface area contributed by atoms with Gasteiger partial charge in [0.2, 0.25) is 11.8 Å². The van der Waals surface area contributed by atoms with Gasteiger partial charge in [0.15, 0.2) is 5.69 Å². The highest BCUT2D eigenvalue weighted by molar-refractivity contribution is 6.01. The maximum Gasteiger partial charge on any atom is 0.435 e. The first-order chi connectivity index (χ1) is 12.3. The van der Waals surface area contributed by atoms with E-state index < -0.39 is 17.8 Å². The van der Waals surface area contributed by atoms with Crippen LogP contribution in [0.4, 0.5) is 18.9 Å². The first-order valence-corrected chi connectivity index (χ1v) is 8.04. The van der Waals surface area contributed by atoms with Crippen LogP contribution in [0, 0.1) is 6.92 Å². The van der Waals surface area contributed by atoms with Gasteiger partial charge in [0.25, 0.3) is 0 Å². The van der Waals surface area contributed by atoms with Crippen molar-refractivity contribution < 1.29 is 22.8 Å². The summed E-state index contributed by atoms with van der Waals surface area (Å²) in [6.45, 7) is 1.74. The van der Waals surface area contributed by atoms with Gasteiger partial charge in [-0.05, 0) is 24.6 Å². The van der Waals surface area contributed by atoms with Crippen molar-refractivity contribution in [3.63, 3.8) is 0 Å². The summed E-state index contributed by atoms with van der Waals surface area (Å²) in [5, 5.41) is 8.90. The minimum absolute atomic E-state index is 0.0296. The summed E-state index contributed by atoms with van der Waals surface area (Å²) in [6, 6.07) is 7.99. The Balaban J connectivity index is 1.63. The molecule has 3 rings (SSSR count). The SMILES string of the molecule is Cc1cc(C(F)(F)F)nn1CCNC(=O)C1CC(=O)Nc2ccccc21. The van der Waals surface area contributed by atoms with E-state index in [1.165, 1.54) is 11.6 Å². The summed E-state index contributed by atoms with van der Waals surface area (Å²) in [4.78, 5) is 24.2. The number of benzene rings is 1. The standard InChI is InChI=1S/C17H17F3N4O2/c1-10-8-14(17(18,19)20)23-24(10)7-6-21-16(26)12-9-15(25)22-13-5-3-2-4-11(12)13/h2-5,8,12H,6-7,9H2,1H3,(H,21,26)(H,22,25). The molecule has 0 fully saturated rings. The van der Waals surface area contributed by atoms with Gasteiger partial charge in [-0.15, -0.1) is 0 Å². The van der Waals surface area contributed by atoms with Crippen molar-refractivity contribution in [2.75, 3.05) is 11.9 Å². The molecule has 0 aliphatic carbocycles. The Morgan fingerprint density at radius 1 is 1.38 bits per heavy atom. The fourth-order valence-corrected chi connectivity index (χ4v) is 2.93. The maximum absolute atomic E-state index is 12.7. The number of hydrogen-bond donors (Lipinski definition) is 2. The highest BCUT2D eigenvalue weighted by atomic mass is 19.4. The number of hydrogen-bond acceptors (Lipinski definition) is 3. The molecule has 9 heteroatoms. The zero-order valence-corrected chi connectivity index (χ0v) is 13.9. The van der Waals surface area contributed by atoms with Crippen LogP contribution in [0.1, 0.15) is 29.3 Å². The summed E-state index contributed by atoms with van der Waals surface area (Å²) in [5.41, 5.74) is 0.717. The molecule has 1 unspecified atom stereocenters. The molecule has 1 aliphatic rings. The molecule has 2 aromatic rings. The zero-order chi connectivity index (χ0) is 18.9. The first kappa shape index (κ1) is 18.0. The van der Waals surface area contributed by atoms with Gasteiger partial charge in [0, 0.05) is 24.3 Å². The quantitative estimate of drug-likeness (QED) is 0.873. The number of nitrogens with one attached hydrogen (secondary N) is 2. The minimum Gasteiger partial charge on any atom is -0.354 e. The minimum atomic E-state index is -4.50. The van der Waals surface area contributed by atoms with Crippen LogP contribution in [0.3, 0.4) is 0 Å². The van der Waals surface area contributed by atoms with Crippen molar-refractivity contribution in [3.05, 3.63) is 47.3 Å². The number of nitrogens with zero attached hydrogens (tertiary/aromatic N) is 2. The molecule has 138 valence electrons. The number of aromatic nitrogens is 2. The molecule has 0 spiro atoms. The summed E-state index contributed by atoms with van der Waals surface area (Å²) in [7, 11) is 0. The molecule has 2 N–H and O–H groups in total. The molecule has 26 heavy (non-hydrogen) atoms. The fourth-order valence-electron chi connectivity index (χ4n) is 2.93. The molecule has 1 aliphatic heterocycles. The molecule has 1 atom stereocenters. The highest BCUT2D eigenvalue weighted by Crippen LogP contribution is 2.32. The molecule has 0 saturated carbocycles. The summed E-state index contributed by atoms with van der Waals surface area (Å²) >= 11 is 0. The van der Waals surface area contributed by atoms with Crippen LogP contribution in [0.5, 0.6) is 0 Å². The third kappa shape index (κ3) is 3.71. The van der Waals surface area contributed by atoms with Crippen LogP contribution >= 0.6 is 0 Å². The number of para-hydroxylation sites is 1. The van der Waals surface area contributed by atoms with Gasteiger partial charge in [-0.25, -0.2) is 0 Å². The molecule has 1 aromatic heterocycles. The summed E-state index contributed by atoms with van der Waals surface area (Å²) in [5.74, 6) is -1.21. The second-order valence-electron chi connectivity index (χ2n) is 6.08. The Morgan fingerprint density at radius 3 is 2.81 bits per heavy atom. The first-order valence-electron chi connectivity index (χ1n) is 8.04. The van der Waals surface area contributed by atoms with E-state index in [9.17, 15) is 22.8 Å². The predicted octanol–water partition coefficient (Wildman–Crippen LogP) is 2.45. The lowest BCUT2D eigenvalue weighted by Gasteiger charge is -2.24. The van der Waals surface area contributed by atoms with Crippen LogP contribution in [-0.2, 0) is 22.3 Å². The summed E-state index contributed by atoms with van der Waals surface area (Å²) in [6.07, 6.45) is -4.47. The van der Waals surface area contributed by atoms with Crippen molar-refractivity contribution in [2.24, 2.45) is 0 Å². The van der Waals surface area contributed by atoms with Crippen molar-refractivity contribution in [1.82, 2.24) is 15.1 Å². The van der Waals surface area contributed by atoms with Crippen LogP contribution in [0.25, 0.3) is 0 Å². The molecule has 1 aromatic carbocycles. The molecular weight excluding hydrogens is 349 g/mol. The Hall–Kier alpha value is -2.84. The molecule has 2 amide bonds. The number of amides is 2. The molecule has 2 heterocycles. The molecule has 0 radical (unpaired) electrons. The number of fused-ring (bicyclic) bond motifs is 1. The van der Waals surface area contributed by atoms with E-state index in [1.807, 2.05) is 0 Å². The Labute approximate surface area is 147 Å². The number of aryl methyl sites for hydroxylation is 1. The van der Waals surface area contributed by atoms with Crippen molar-refractivity contribution in [1.29, 1.82) is 0 Å². The van der Waals surface area contributed by atoms with E-state index in [1.54, 1.807) is 24.3 Å². The number of rotatable bonds is 4. The van der Waals surface area contributed by atoms with E-state index in [0.29, 0.717) is 11.4 Å². The van der Waals surface area contributed by atoms with Crippen LogP contribution in [0.15, 0.2) is 30.3 Å². The van der Waals surface area contributed by atoms with Gasteiger partial charge < -0.3 is 10.6 Å². The van der Waals surface area contributed by atoms with E-state index in [-0.39, 0.29) is 31.3 Å². The zero-order valence-electron chi connectivity index (χ0n) is 13.9. The van der Waals surface area contributed by atoms with E-state index >= 15 is 0 Å². The Bertz CT molecular complexity index is 845. The van der Waals surface area contributed by atoms with Gasteiger partial charge in [0.05, 0.1) is 12.5 Å². The van der Waals surface area contributed by atoms with E-state index in [4.69, 9.17) is 0 Å². The van der Waals surface area contributed by atoms with Gasteiger partial charge in [0.1, 0.15) is 0 Å². The van der Waals surface area contributed by atoms with Gasteiger partial charge >= 0.3 is 6.18 Å². The number of carbonyl (C=O) groups excluding carboxylic acids is 2. The largest absolute Gasteiger partial charge is 0.435 e. The number of carbonyl (C=O) groups is 2. The predicted molar refractivity (Wildman–Crippen MR) is 87.4 cm³/mol. The fraction of sp³-hybridized carbons (Fsp3) is 0.353. The van der Waals surface area contributed by atoms with Gasteiger partial charge in [-0.2, -0.15) is 18.3 Å². The average Bonchev–Trinajstić information content (AvgIpc) is 2.95. The van der Waals surface area contributed by atoms with Gasteiger partial charge in [-0.1, -0.05) is 18.2 Å². The maximum atomic E-state index is 12.7. The van der Waals surface area contributed by atoms with Crippen molar-refractivity contribution in [3.8, 4) is 0 Å². The number of halogens is 3. The number of alkyl halides is 3. The summed E-state index contributed by atoms with van der Waals surface area (Å²) < 4.78 is 39.2. The van der Waals surface area contributed by atoms with E-state index in [0.717, 1.165) is 11.6 Å². The molecule has 0 saturated heterocycles. The van der Waals surface area contributed by atoms with Crippen LogP contribution < -0.4 is 10.6 Å². The topological polar surface area (TPSA) is 76.0 Å². The third-order valence-electron chi connectivity index (χ3n) is 4.21. The lowest BCUT2D eigenvalue weighted by atomic mass is 9.90. The van der Waals surface area contributed by atoms with Crippen molar-refractivity contribution >= 4 is 17.5 Å². The smallest absolute Gasteiger partial charge is 0.354 e. The monoisotopic (exact) mass is 366 g/mol. The molecular formula is C17H17F3N4O2. The second kappa shape index (κ2) is 6.81. The normalized spacial score (nSPS) is 16.8. The third-order valence-corrected chi connectivity index (χ3v) is 4.21. The average molecular weight is 366 g/mol. The lowest BCUT2D eigenvalue weighted by Crippen LogP contribution is -2.36. The molecule has 6 nitrogen and oxygen atoms in total. The molecule has 0 bridgehead atoms. The van der Waals surface area contributed by atoms with Crippen LogP contribution in [-0.4, -0.2) is 28.1 Å². The highest BCUT2D eigenvalue weighted by Gasteiger charge is 2.34. The Morgan fingerprint density at radius 2 is 2.12 bits per heavy atom.